The standard InChI is InChI=1S/C26H28N4O2S/c1-5-30-24(15-32-23-14-13-20-10-6-7-11-21(20)19(23)4)28-29-26(30)33-16-25(31)27-22-12-8-9-17(2)18(22)3/h6-14H,5,15-16H2,1-4H3,(H,27,31). The first-order valence-electron chi connectivity index (χ1n) is 11.0. The maximum Gasteiger partial charge on any atom is 0.234 e. The van der Waals surface area contributed by atoms with Gasteiger partial charge in [-0.1, -0.05) is 54.2 Å². The number of anilines is 1. The molecule has 1 N–H and O–H groups in total. The number of hydrogen-bond donors (Lipinski definition) is 1. The zero-order valence-corrected chi connectivity index (χ0v) is 20.2. The summed E-state index contributed by atoms with van der Waals surface area (Å²) >= 11 is 1.38. The van der Waals surface area contributed by atoms with Gasteiger partial charge in [-0.15, -0.1) is 10.2 Å². The first-order chi connectivity index (χ1) is 16.0. The number of amides is 1. The molecule has 4 rings (SSSR count). The van der Waals surface area contributed by atoms with Crippen LogP contribution in [-0.4, -0.2) is 26.4 Å². The summed E-state index contributed by atoms with van der Waals surface area (Å²) in [7, 11) is 0. The second kappa shape index (κ2) is 10.1. The van der Waals surface area contributed by atoms with Gasteiger partial charge in [0.15, 0.2) is 11.0 Å². The van der Waals surface area contributed by atoms with E-state index in [4.69, 9.17) is 4.74 Å². The number of benzene rings is 3. The number of nitrogens with one attached hydrogen (secondary N) is 1. The Balaban J connectivity index is 1.40. The van der Waals surface area contributed by atoms with E-state index >= 15 is 0 Å². The quantitative estimate of drug-likeness (QED) is 0.342. The van der Waals surface area contributed by atoms with Gasteiger partial charge in [-0.25, -0.2) is 0 Å². The van der Waals surface area contributed by atoms with E-state index in [0.29, 0.717) is 18.3 Å². The van der Waals surface area contributed by atoms with E-state index in [2.05, 4.69) is 40.6 Å². The summed E-state index contributed by atoms with van der Waals surface area (Å²) in [4.78, 5) is 12.5. The monoisotopic (exact) mass is 460 g/mol. The highest BCUT2D eigenvalue weighted by molar-refractivity contribution is 7.99. The van der Waals surface area contributed by atoms with Crippen LogP contribution in [-0.2, 0) is 17.9 Å². The molecule has 1 heterocycles. The van der Waals surface area contributed by atoms with Crippen LogP contribution in [0.1, 0.15) is 29.4 Å². The highest BCUT2D eigenvalue weighted by atomic mass is 32.2. The zero-order valence-electron chi connectivity index (χ0n) is 19.4. The van der Waals surface area contributed by atoms with Gasteiger partial charge in [0, 0.05) is 12.2 Å². The van der Waals surface area contributed by atoms with Gasteiger partial charge in [0.2, 0.25) is 5.91 Å². The minimum Gasteiger partial charge on any atom is -0.485 e. The van der Waals surface area contributed by atoms with Crippen LogP contribution in [0.2, 0.25) is 0 Å². The maximum atomic E-state index is 12.5. The van der Waals surface area contributed by atoms with Gasteiger partial charge in [-0.3, -0.25) is 4.79 Å². The first kappa shape index (κ1) is 22.9. The van der Waals surface area contributed by atoms with Crippen molar-refractivity contribution in [1.29, 1.82) is 0 Å². The Kier molecular flexibility index (Phi) is 6.99. The SMILES string of the molecule is CCn1c(COc2ccc3ccccc3c2C)nnc1SCC(=O)Nc1cccc(C)c1C. The molecule has 7 heteroatoms. The number of nitrogens with zero attached hydrogens (tertiary/aromatic N) is 3. The summed E-state index contributed by atoms with van der Waals surface area (Å²) in [5, 5.41) is 14.7. The molecular formula is C26H28N4O2S. The molecule has 0 atom stereocenters. The Morgan fingerprint density at radius 3 is 2.64 bits per heavy atom. The van der Waals surface area contributed by atoms with E-state index in [1.165, 1.54) is 22.5 Å². The maximum absolute atomic E-state index is 12.5. The van der Waals surface area contributed by atoms with Crippen LogP contribution in [0.25, 0.3) is 10.8 Å². The molecule has 170 valence electrons. The summed E-state index contributed by atoms with van der Waals surface area (Å²) < 4.78 is 8.10. The third-order valence-corrected chi connectivity index (χ3v) is 6.79. The first-order valence-corrected chi connectivity index (χ1v) is 12.0. The fraction of sp³-hybridized carbons (Fsp3) is 0.269. The predicted octanol–water partition coefficient (Wildman–Crippen LogP) is 5.69. The van der Waals surface area contributed by atoms with E-state index in [9.17, 15) is 4.79 Å². The molecule has 0 aliphatic rings. The van der Waals surface area contributed by atoms with Crippen LogP contribution in [0.5, 0.6) is 5.75 Å². The van der Waals surface area contributed by atoms with Crippen molar-refractivity contribution in [3.05, 3.63) is 77.1 Å². The second-order valence-electron chi connectivity index (χ2n) is 7.93. The summed E-state index contributed by atoms with van der Waals surface area (Å²) in [5.41, 5.74) is 4.18. The Morgan fingerprint density at radius 2 is 1.82 bits per heavy atom. The lowest BCUT2D eigenvalue weighted by Crippen LogP contribution is -2.16. The lowest BCUT2D eigenvalue weighted by Gasteiger charge is -2.12. The molecule has 33 heavy (non-hydrogen) atoms. The third kappa shape index (κ3) is 5.03. The molecule has 0 radical (unpaired) electrons. The summed E-state index contributed by atoms with van der Waals surface area (Å²) in [6, 6.07) is 18.2. The highest BCUT2D eigenvalue weighted by Crippen LogP contribution is 2.28. The molecule has 3 aromatic carbocycles. The van der Waals surface area contributed by atoms with Crippen LogP contribution in [0, 0.1) is 20.8 Å². The van der Waals surface area contributed by atoms with Gasteiger partial charge in [0.05, 0.1) is 5.75 Å². The lowest BCUT2D eigenvalue weighted by molar-refractivity contribution is -0.113. The summed E-state index contributed by atoms with van der Waals surface area (Å²) in [5.74, 6) is 1.77. The minimum absolute atomic E-state index is 0.0658. The van der Waals surface area contributed by atoms with Crippen molar-refractivity contribution in [1.82, 2.24) is 14.8 Å². The molecule has 1 amide bonds. The highest BCUT2D eigenvalue weighted by Gasteiger charge is 2.15. The molecule has 0 fully saturated rings. The number of ether oxygens (including phenoxy) is 1. The molecule has 0 aliphatic carbocycles. The van der Waals surface area contributed by atoms with Crippen molar-refractivity contribution >= 4 is 34.1 Å². The van der Waals surface area contributed by atoms with Crippen LogP contribution in [0.15, 0.2) is 59.8 Å². The van der Waals surface area contributed by atoms with Crippen molar-refractivity contribution in [3.8, 4) is 5.75 Å². The number of rotatable bonds is 8. The molecule has 0 aliphatic heterocycles. The van der Waals surface area contributed by atoms with Gasteiger partial charge >= 0.3 is 0 Å². The molecular weight excluding hydrogens is 432 g/mol. The molecule has 4 aromatic rings. The minimum atomic E-state index is -0.0658. The van der Waals surface area contributed by atoms with E-state index < -0.39 is 0 Å². The largest absolute Gasteiger partial charge is 0.485 e. The number of aryl methyl sites for hydroxylation is 2. The van der Waals surface area contributed by atoms with Crippen LogP contribution < -0.4 is 10.1 Å². The second-order valence-corrected chi connectivity index (χ2v) is 8.87. The molecule has 1 aromatic heterocycles. The number of thioether (sulfide) groups is 1. The van der Waals surface area contributed by atoms with E-state index in [-0.39, 0.29) is 11.7 Å². The topological polar surface area (TPSA) is 69.0 Å². The Morgan fingerprint density at radius 1 is 1.00 bits per heavy atom. The number of aromatic nitrogens is 3. The molecule has 0 unspecified atom stereocenters. The van der Waals surface area contributed by atoms with Crippen LogP contribution in [0.3, 0.4) is 0 Å². The zero-order chi connectivity index (χ0) is 23.4. The van der Waals surface area contributed by atoms with Crippen molar-refractivity contribution in [2.45, 2.75) is 46.0 Å². The van der Waals surface area contributed by atoms with Gasteiger partial charge in [-0.2, -0.15) is 0 Å². The van der Waals surface area contributed by atoms with Crippen LogP contribution >= 0.6 is 11.8 Å². The number of carbonyl (C=O) groups is 1. The average Bonchev–Trinajstić information content (AvgIpc) is 3.22. The summed E-state index contributed by atoms with van der Waals surface area (Å²) in [6.07, 6.45) is 0. The van der Waals surface area contributed by atoms with E-state index in [1.54, 1.807) is 0 Å². The average molecular weight is 461 g/mol. The van der Waals surface area contributed by atoms with Crippen LogP contribution in [0.4, 0.5) is 5.69 Å². The molecule has 0 saturated carbocycles. The predicted molar refractivity (Wildman–Crippen MR) is 134 cm³/mol. The Labute approximate surface area is 198 Å². The molecule has 0 spiro atoms. The summed E-state index contributed by atoms with van der Waals surface area (Å²) in [6.45, 7) is 9.16. The normalized spacial score (nSPS) is 11.0. The Bertz CT molecular complexity index is 1300. The van der Waals surface area contributed by atoms with E-state index in [1.807, 2.05) is 61.7 Å². The third-order valence-electron chi connectivity index (χ3n) is 5.83. The van der Waals surface area contributed by atoms with Crippen molar-refractivity contribution in [2.75, 3.05) is 11.1 Å². The van der Waals surface area contributed by atoms with Crippen molar-refractivity contribution in [3.63, 3.8) is 0 Å². The van der Waals surface area contributed by atoms with E-state index in [0.717, 1.165) is 34.0 Å². The Hall–Kier alpha value is -3.32. The number of carbonyl (C=O) groups excluding carboxylic acids is 1. The van der Waals surface area contributed by atoms with Crippen molar-refractivity contribution in [2.24, 2.45) is 0 Å². The van der Waals surface area contributed by atoms with Gasteiger partial charge < -0.3 is 14.6 Å². The number of hydrogen-bond acceptors (Lipinski definition) is 5. The fourth-order valence-corrected chi connectivity index (χ4v) is 4.58. The number of fused-ring (bicyclic) bond motifs is 1. The lowest BCUT2D eigenvalue weighted by atomic mass is 10.0. The molecule has 0 bridgehead atoms. The smallest absolute Gasteiger partial charge is 0.234 e. The van der Waals surface area contributed by atoms with Gasteiger partial charge in [0.1, 0.15) is 12.4 Å². The fourth-order valence-electron chi connectivity index (χ4n) is 3.76. The van der Waals surface area contributed by atoms with Crippen molar-refractivity contribution < 1.29 is 9.53 Å². The molecule has 0 saturated heterocycles. The van der Waals surface area contributed by atoms with Gasteiger partial charge in [-0.05, 0) is 67.3 Å². The molecule has 6 nitrogen and oxygen atoms in total. The van der Waals surface area contributed by atoms with Gasteiger partial charge in [0.25, 0.3) is 0 Å².